The summed E-state index contributed by atoms with van der Waals surface area (Å²) in [4.78, 5) is 23.0. The molecule has 0 amide bonds. The van der Waals surface area contributed by atoms with E-state index in [0.717, 1.165) is 23.3 Å². The van der Waals surface area contributed by atoms with Gasteiger partial charge in [-0.3, -0.25) is 0 Å². The number of carboxylic acids is 1. The minimum Gasteiger partial charge on any atom is -0.477 e. The normalized spacial score (nSPS) is 17.0. The fourth-order valence-corrected chi connectivity index (χ4v) is 3.86. The molecule has 0 bridgehead atoms. The number of aromatic carboxylic acids is 1. The Morgan fingerprint density at radius 1 is 1.36 bits per heavy atom. The largest absolute Gasteiger partial charge is 0.477 e. The molecule has 22 heavy (non-hydrogen) atoms. The Morgan fingerprint density at radius 2 is 2.18 bits per heavy atom. The molecule has 1 aliphatic heterocycles. The van der Waals surface area contributed by atoms with E-state index in [1.165, 1.54) is 23.2 Å². The van der Waals surface area contributed by atoms with Gasteiger partial charge in [0.2, 0.25) is 0 Å². The summed E-state index contributed by atoms with van der Waals surface area (Å²) in [6.45, 7) is 2.15. The summed E-state index contributed by atoms with van der Waals surface area (Å²) in [6, 6.07) is 10.2. The maximum Gasteiger partial charge on any atom is 0.345 e. The molecule has 1 aromatic carbocycles. The zero-order valence-corrected chi connectivity index (χ0v) is 12.7. The molecule has 3 aromatic rings. The highest BCUT2D eigenvalue weighted by Gasteiger charge is 2.29. The maximum absolute atomic E-state index is 11.2. The second kappa shape index (κ2) is 4.78. The lowest BCUT2D eigenvalue weighted by atomic mass is 10.1. The predicted octanol–water partition coefficient (Wildman–Crippen LogP) is 3.47. The first-order valence-corrected chi connectivity index (χ1v) is 7.82. The average Bonchev–Trinajstić information content (AvgIpc) is 3.07. The Bertz CT molecular complexity index is 890. The van der Waals surface area contributed by atoms with Gasteiger partial charge in [0.25, 0.3) is 0 Å². The van der Waals surface area contributed by atoms with E-state index in [1.54, 1.807) is 6.07 Å². The van der Waals surface area contributed by atoms with Crippen LogP contribution in [0.1, 0.15) is 22.2 Å². The van der Waals surface area contributed by atoms with Gasteiger partial charge in [0.15, 0.2) is 0 Å². The number of anilines is 2. The molecule has 0 spiro atoms. The summed E-state index contributed by atoms with van der Waals surface area (Å²) in [5.41, 5.74) is 2.42. The van der Waals surface area contributed by atoms with Crippen LogP contribution in [-0.4, -0.2) is 27.1 Å². The highest BCUT2D eigenvalue weighted by Crippen LogP contribution is 2.41. The lowest BCUT2D eigenvalue weighted by molar-refractivity contribution is 0.0702. The molecule has 1 unspecified atom stereocenters. The van der Waals surface area contributed by atoms with E-state index in [1.807, 2.05) is 12.1 Å². The van der Waals surface area contributed by atoms with Crippen molar-refractivity contribution >= 4 is 39.0 Å². The van der Waals surface area contributed by atoms with Crippen LogP contribution >= 0.6 is 11.3 Å². The van der Waals surface area contributed by atoms with Crippen LogP contribution in [0.2, 0.25) is 0 Å². The molecule has 0 radical (unpaired) electrons. The zero-order valence-electron chi connectivity index (χ0n) is 11.9. The molecule has 5 nitrogen and oxygen atoms in total. The number of hydrogen-bond donors (Lipinski definition) is 1. The van der Waals surface area contributed by atoms with Gasteiger partial charge in [0.05, 0.1) is 5.39 Å². The number of hydrogen-bond acceptors (Lipinski definition) is 5. The van der Waals surface area contributed by atoms with Crippen molar-refractivity contribution in [3.63, 3.8) is 0 Å². The summed E-state index contributed by atoms with van der Waals surface area (Å²) in [6.07, 6.45) is 2.46. The Hall–Kier alpha value is -2.47. The van der Waals surface area contributed by atoms with E-state index in [0.29, 0.717) is 4.83 Å². The number of carbonyl (C=O) groups is 1. The Balaban J connectivity index is 1.93. The van der Waals surface area contributed by atoms with Gasteiger partial charge in [0.1, 0.15) is 21.9 Å². The maximum atomic E-state index is 11.2. The molecule has 110 valence electrons. The van der Waals surface area contributed by atoms with Gasteiger partial charge in [-0.15, -0.1) is 11.3 Å². The van der Waals surface area contributed by atoms with Crippen molar-refractivity contribution < 1.29 is 9.90 Å². The molecule has 4 rings (SSSR count). The number of nitrogens with zero attached hydrogens (tertiary/aromatic N) is 3. The first-order chi connectivity index (χ1) is 10.6. The van der Waals surface area contributed by atoms with Gasteiger partial charge in [-0.2, -0.15) is 0 Å². The van der Waals surface area contributed by atoms with Crippen molar-refractivity contribution in [1.29, 1.82) is 0 Å². The molecule has 1 aliphatic rings. The fourth-order valence-electron chi connectivity index (χ4n) is 3.03. The molecule has 0 saturated heterocycles. The predicted molar refractivity (Wildman–Crippen MR) is 86.1 cm³/mol. The van der Waals surface area contributed by atoms with E-state index < -0.39 is 5.97 Å². The molecule has 2 aromatic heterocycles. The van der Waals surface area contributed by atoms with Gasteiger partial charge >= 0.3 is 5.97 Å². The summed E-state index contributed by atoms with van der Waals surface area (Å²) >= 11 is 1.18. The lowest BCUT2D eigenvalue weighted by Gasteiger charge is -2.24. The third-order valence-electron chi connectivity index (χ3n) is 3.95. The molecule has 0 fully saturated rings. The first-order valence-electron chi connectivity index (χ1n) is 7.00. The van der Waals surface area contributed by atoms with Crippen molar-refractivity contribution in [2.24, 2.45) is 0 Å². The smallest absolute Gasteiger partial charge is 0.345 e. The summed E-state index contributed by atoms with van der Waals surface area (Å²) < 4.78 is 0. The van der Waals surface area contributed by atoms with Crippen molar-refractivity contribution in [3.05, 3.63) is 47.1 Å². The highest BCUT2D eigenvalue weighted by molar-refractivity contribution is 7.20. The van der Waals surface area contributed by atoms with Gasteiger partial charge < -0.3 is 10.0 Å². The molecule has 1 atom stereocenters. The van der Waals surface area contributed by atoms with Crippen LogP contribution in [0.3, 0.4) is 0 Å². The lowest BCUT2D eigenvalue weighted by Crippen LogP contribution is -2.25. The van der Waals surface area contributed by atoms with Crippen LogP contribution < -0.4 is 4.90 Å². The number of rotatable bonds is 2. The minimum absolute atomic E-state index is 0.281. The summed E-state index contributed by atoms with van der Waals surface area (Å²) in [7, 11) is 0. The molecule has 0 saturated carbocycles. The van der Waals surface area contributed by atoms with Crippen LogP contribution in [0.4, 0.5) is 11.5 Å². The second-order valence-corrected chi connectivity index (χ2v) is 6.41. The first kappa shape index (κ1) is 13.2. The van der Waals surface area contributed by atoms with Gasteiger partial charge in [-0.25, -0.2) is 14.8 Å². The monoisotopic (exact) mass is 311 g/mol. The van der Waals surface area contributed by atoms with Crippen molar-refractivity contribution in [2.45, 2.75) is 19.4 Å². The van der Waals surface area contributed by atoms with Crippen LogP contribution in [-0.2, 0) is 6.42 Å². The molecular formula is C16H13N3O2S. The van der Waals surface area contributed by atoms with Gasteiger partial charge in [-0.05, 0) is 31.0 Å². The quantitative estimate of drug-likeness (QED) is 0.785. The second-order valence-electron chi connectivity index (χ2n) is 5.38. The van der Waals surface area contributed by atoms with Gasteiger partial charge in [0, 0.05) is 11.7 Å². The number of fused-ring (bicyclic) bond motifs is 2. The number of carboxylic acid groups (broad SMARTS) is 1. The van der Waals surface area contributed by atoms with Crippen molar-refractivity contribution in [1.82, 2.24) is 9.97 Å². The van der Waals surface area contributed by atoms with Crippen molar-refractivity contribution in [2.75, 3.05) is 4.90 Å². The standard InChI is InChI=1S/C16H13N3O2S/c1-9-6-10-4-2-3-5-12(10)19(9)14-11-7-13(16(20)21)22-15(11)18-8-17-14/h2-5,7-9H,6H2,1H3,(H,20,21). The number of aromatic nitrogens is 2. The summed E-state index contributed by atoms with van der Waals surface area (Å²) in [5, 5.41) is 10.00. The molecule has 1 N–H and O–H groups in total. The van der Waals surface area contributed by atoms with Crippen LogP contribution in [0.25, 0.3) is 10.2 Å². The third kappa shape index (κ3) is 1.88. The zero-order chi connectivity index (χ0) is 15.3. The van der Waals surface area contributed by atoms with E-state index in [9.17, 15) is 9.90 Å². The molecule has 6 heteroatoms. The van der Waals surface area contributed by atoms with E-state index in [2.05, 4.69) is 33.9 Å². The topological polar surface area (TPSA) is 66.3 Å². The Labute approximate surface area is 130 Å². The van der Waals surface area contributed by atoms with Crippen LogP contribution in [0.5, 0.6) is 0 Å². The Kier molecular flexibility index (Phi) is 2.87. The number of thiophene rings is 1. The highest BCUT2D eigenvalue weighted by atomic mass is 32.1. The van der Waals surface area contributed by atoms with E-state index >= 15 is 0 Å². The fraction of sp³-hybridized carbons (Fsp3) is 0.188. The van der Waals surface area contributed by atoms with Crippen LogP contribution in [0, 0.1) is 0 Å². The number of para-hydroxylation sites is 1. The van der Waals surface area contributed by atoms with E-state index in [-0.39, 0.29) is 10.9 Å². The molecular weight excluding hydrogens is 298 g/mol. The van der Waals surface area contributed by atoms with Gasteiger partial charge in [-0.1, -0.05) is 18.2 Å². The summed E-state index contributed by atoms with van der Waals surface area (Å²) in [5.74, 6) is -0.143. The average molecular weight is 311 g/mol. The SMILES string of the molecule is CC1Cc2ccccc2N1c1ncnc2sc(C(=O)O)cc12. The van der Waals surface area contributed by atoms with Crippen molar-refractivity contribution in [3.8, 4) is 0 Å². The molecule has 3 heterocycles. The molecule has 0 aliphatic carbocycles. The minimum atomic E-state index is -0.927. The van der Waals surface area contributed by atoms with Crippen LogP contribution in [0.15, 0.2) is 36.7 Å². The Morgan fingerprint density at radius 3 is 3.00 bits per heavy atom. The number of benzene rings is 1. The van der Waals surface area contributed by atoms with E-state index in [4.69, 9.17) is 0 Å². The third-order valence-corrected chi connectivity index (χ3v) is 4.99.